The van der Waals surface area contributed by atoms with Crippen molar-refractivity contribution in [2.75, 3.05) is 13.1 Å². The first-order valence-electron chi connectivity index (χ1n) is 11.1. The Balaban J connectivity index is 1.32. The second-order valence-electron chi connectivity index (χ2n) is 8.92. The van der Waals surface area contributed by atoms with Crippen LogP contribution in [0.3, 0.4) is 0 Å². The van der Waals surface area contributed by atoms with E-state index >= 15 is 0 Å². The molecular weight excluding hydrogens is 396 g/mol. The third-order valence-corrected chi connectivity index (χ3v) is 6.80. The van der Waals surface area contributed by atoms with E-state index < -0.39 is 5.41 Å². The van der Waals surface area contributed by atoms with Crippen molar-refractivity contribution in [1.29, 1.82) is 0 Å². The monoisotopic (exact) mass is 424 g/mol. The summed E-state index contributed by atoms with van der Waals surface area (Å²) in [5.74, 6) is 0.802. The number of benzene rings is 3. The van der Waals surface area contributed by atoms with Crippen molar-refractivity contribution >= 4 is 16.9 Å². The van der Waals surface area contributed by atoms with Crippen LogP contribution in [0.5, 0.6) is 0 Å². The Morgan fingerprint density at radius 2 is 1.66 bits per heavy atom. The first kappa shape index (κ1) is 20.5. The van der Waals surface area contributed by atoms with Gasteiger partial charge in [0.2, 0.25) is 5.91 Å². The molecule has 1 aliphatic rings. The lowest BCUT2D eigenvalue weighted by atomic mass is 9.80. The molecule has 0 bridgehead atoms. The van der Waals surface area contributed by atoms with Crippen molar-refractivity contribution in [1.82, 2.24) is 14.5 Å². The van der Waals surface area contributed by atoms with Gasteiger partial charge in [0.1, 0.15) is 5.82 Å². The van der Waals surface area contributed by atoms with Crippen molar-refractivity contribution < 1.29 is 4.79 Å². The van der Waals surface area contributed by atoms with Crippen molar-refractivity contribution in [2.24, 2.45) is 18.2 Å². The normalized spacial score (nSPS) is 18.9. The molecule has 1 fully saturated rings. The first-order chi connectivity index (χ1) is 15.5. The van der Waals surface area contributed by atoms with E-state index in [4.69, 9.17) is 10.7 Å². The SMILES string of the molecule is Cn1c(CN2CCC(Cc3ccc(-c4ccccc4)cc3)(C(N)=O)C2)nc2ccccc21. The second kappa shape index (κ2) is 8.24. The summed E-state index contributed by atoms with van der Waals surface area (Å²) >= 11 is 0. The number of carbonyl (C=O) groups excluding carboxylic acids is 1. The molecule has 1 amide bonds. The first-order valence-corrected chi connectivity index (χ1v) is 11.1. The molecule has 0 saturated carbocycles. The molecule has 1 saturated heterocycles. The van der Waals surface area contributed by atoms with Gasteiger partial charge in [-0.15, -0.1) is 0 Å². The van der Waals surface area contributed by atoms with Crippen LogP contribution >= 0.6 is 0 Å². The fourth-order valence-corrected chi connectivity index (χ4v) is 4.90. The molecular formula is C27H28N4O. The van der Waals surface area contributed by atoms with Crippen molar-refractivity contribution in [2.45, 2.75) is 19.4 Å². The lowest BCUT2D eigenvalue weighted by Crippen LogP contribution is -2.41. The lowest BCUT2D eigenvalue weighted by Gasteiger charge is -2.26. The number of aryl methyl sites for hydroxylation is 1. The van der Waals surface area contributed by atoms with Gasteiger partial charge in [-0.05, 0) is 48.2 Å². The second-order valence-corrected chi connectivity index (χ2v) is 8.92. The summed E-state index contributed by atoms with van der Waals surface area (Å²) in [4.78, 5) is 19.7. The molecule has 2 heterocycles. The minimum Gasteiger partial charge on any atom is -0.369 e. The number of amides is 1. The molecule has 1 unspecified atom stereocenters. The van der Waals surface area contributed by atoms with E-state index in [1.165, 1.54) is 11.1 Å². The zero-order chi connectivity index (χ0) is 22.1. The summed E-state index contributed by atoms with van der Waals surface area (Å²) in [5, 5.41) is 0. The number of para-hydroxylation sites is 2. The largest absolute Gasteiger partial charge is 0.369 e. The third kappa shape index (κ3) is 3.80. The quantitative estimate of drug-likeness (QED) is 0.505. The Morgan fingerprint density at radius 3 is 2.38 bits per heavy atom. The smallest absolute Gasteiger partial charge is 0.225 e. The molecule has 0 radical (unpaired) electrons. The summed E-state index contributed by atoms with van der Waals surface area (Å²) < 4.78 is 2.14. The van der Waals surface area contributed by atoms with Crippen LogP contribution in [0.2, 0.25) is 0 Å². The molecule has 3 aromatic carbocycles. The van der Waals surface area contributed by atoms with E-state index in [1.807, 2.05) is 36.4 Å². The summed E-state index contributed by atoms with van der Waals surface area (Å²) in [6.45, 7) is 2.22. The molecule has 5 nitrogen and oxygen atoms in total. The average Bonchev–Trinajstić information content (AvgIpc) is 3.37. The summed E-state index contributed by atoms with van der Waals surface area (Å²) in [6, 6.07) is 27.0. The topological polar surface area (TPSA) is 64.2 Å². The molecule has 5 rings (SSSR count). The molecule has 2 N–H and O–H groups in total. The van der Waals surface area contributed by atoms with E-state index in [9.17, 15) is 4.79 Å². The number of nitrogens with two attached hydrogens (primary N) is 1. The van der Waals surface area contributed by atoms with Crippen LogP contribution < -0.4 is 5.73 Å². The Kier molecular flexibility index (Phi) is 5.27. The van der Waals surface area contributed by atoms with Crippen LogP contribution in [0.1, 0.15) is 17.8 Å². The summed E-state index contributed by atoms with van der Waals surface area (Å²) in [6.07, 6.45) is 1.43. The number of hydrogen-bond donors (Lipinski definition) is 1. The van der Waals surface area contributed by atoms with E-state index in [2.05, 4.69) is 59.0 Å². The Bertz CT molecular complexity index is 1250. The molecule has 162 valence electrons. The van der Waals surface area contributed by atoms with E-state index in [-0.39, 0.29) is 5.91 Å². The van der Waals surface area contributed by atoms with Crippen molar-refractivity contribution in [3.05, 3.63) is 90.3 Å². The highest BCUT2D eigenvalue weighted by Crippen LogP contribution is 2.35. The fourth-order valence-electron chi connectivity index (χ4n) is 4.90. The maximum absolute atomic E-state index is 12.6. The van der Waals surface area contributed by atoms with Crippen LogP contribution in [0.15, 0.2) is 78.9 Å². The maximum atomic E-state index is 12.6. The minimum atomic E-state index is -0.543. The number of hydrogen-bond acceptors (Lipinski definition) is 3. The van der Waals surface area contributed by atoms with E-state index in [0.29, 0.717) is 19.5 Å². The number of aromatic nitrogens is 2. The van der Waals surface area contributed by atoms with Gasteiger partial charge < -0.3 is 10.3 Å². The highest BCUT2D eigenvalue weighted by atomic mass is 16.1. The van der Waals surface area contributed by atoms with Crippen LogP contribution in [-0.2, 0) is 24.8 Å². The average molecular weight is 425 g/mol. The molecule has 1 aromatic heterocycles. The molecule has 0 spiro atoms. The number of nitrogens with zero attached hydrogens (tertiary/aromatic N) is 3. The van der Waals surface area contributed by atoms with Gasteiger partial charge in [-0.2, -0.15) is 0 Å². The molecule has 1 aliphatic heterocycles. The van der Waals surface area contributed by atoms with Crippen LogP contribution in [0.25, 0.3) is 22.2 Å². The number of carbonyl (C=O) groups is 1. The van der Waals surface area contributed by atoms with Gasteiger partial charge in [0, 0.05) is 13.6 Å². The number of rotatable bonds is 6. The highest BCUT2D eigenvalue weighted by Gasteiger charge is 2.43. The van der Waals surface area contributed by atoms with E-state index in [0.717, 1.165) is 35.4 Å². The molecule has 0 aliphatic carbocycles. The number of primary amides is 1. The van der Waals surface area contributed by atoms with Gasteiger partial charge in [0.05, 0.1) is 23.0 Å². The lowest BCUT2D eigenvalue weighted by molar-refractivity contribution is -0.127. The fraction of sp³-hybridized carbons (Fsp3) is 0.259. The third-order valence-electron chi connectivity index (χ3n) is 6.80. The highest BCUT2D eigenvalue weighted by molar-refractivity contribution is 5.82. The van der Waals surface area contributed by atoms with Gasteiger partial charge in [0.25, 0.3) is 0 Å². The molecule has 4 aromatic rings. The standard InChI is InChI=1S/C27H28N4O/c1-30-24-10-6-5-9-23(24)29-25(30)18-31-16-15-27(19-31,26(28)32)17-20-11-13-22(14-12-20)21-7-3-2-4-8-21/h2-14H,15-19H2,1H3,(H2,28,32). The minimum absolute atomic E-state index is 0.211. The number of fused-ring (bicyclic) bond motifs is 1. The van der Waals surface area contributed by atoms with Crippen LogP contribution in [-0.4, -0.2) is 33.4 Å². The zero-order valence-electron chi connectivity index (χ0n) is 18.4. The van der Waals surface area contributed by atoms with Gasteiger partial charge in [-0.3, -0.25) is 9.69 Å². The molecule has 5 heteroatoms. The van der Waals surface area contributed by atoms with Gasteiger partial charge in [-0.25, -0.2) is 4.98 Å². The maximum Gasteiger partial charge on any atom is 0.225 e. The summed E-state index contributed by atoms with van der Waals surface area (Å²) in [5.41, 5.74) is 11.1. The van der Waals surface area contributed by atoms with Gasteiger partial charge in [-0.1, -0.05) is 66.7 Å². The molecule has 32 heavy (non-hydrogen) atoms. The van der Waals surface area contributed by atoms with Crippen molar-refractivity contribution in [3.63, 3.8) is 0 Å². The van der Waals surface area contributed by atoms with Crippen LogP contribution in [0, 0.1) is 5.41 Å². The van der Waals surface area contributed by atoms with Crippen molar-refractivity contribution in [3.8, 4) is 11.1 Å². The number of imidazole rings is 1. The van der Waals surface area contributed by atoms with Crippen LogP contribution in [0.4, 0.5) is 0 Å². The number of likely N-dealkylation sites (tertiary alicyclic amines) is 1. The van der Waals surface area contributed by atoms with Gasteiger partial charge >= 0.3 is 0 Å². The Morgan fingerprint density at radius 1 is 0.969 bits per heavy atom. The van der Waals surface area contributed by atoms with E-state index in [1.54, 1.807) is 0 Å². The van der Waals surface area contributed by atoms with Gasteiger partial charge in [0.15, 0.2) is 0 Å². The summed E-state index contributed by atoms with van der Waals surface area (Å²) in [7, 11) is 2.05. The Labute approximate surface area is 188 Å². The Hall–Kier alpha value is -3.44. The predicted octanol–water partition coefficient (Wildman–Crippen LogP) is 4.16. The zero-order valence-corrected chi connectivity index (χ0v) is 18.4. The molecule has 1 atom stereocenters. The predicted molar refractivity (Wildman–Crippen MR) is 128 cm³/mol.